The second-order valence-electron chi connectivity index (χ2n) is 4.43. The molecule has 0 radical (unpaired) electrons. The van der Waals surface area contributed by atoms with Crippen LogP contribution in [-0.4, -0.2) is 43.3 Å². The summed E-state index contributed by atoms with van der Waals surface area (Å²) in [6.45, 7) is 2.41. The molecule has 1 atom stereocenters. The minimum Gasteiger partial charge on any atom is -0.381 e. The molecule has 2 fully saturated rings. The molecule has 5 heteroatoms. The Bertz CT molecular complexity index is 228. The number of hydrogen-bond acceptors (Lipinski definition) is 4. The molecule has 2 aliphatic rings. The molecule has 0 aromatic rings. The van der Waals surface area contributed by atoms with E-state index in [1.807, 2.05) is 0 Å². The lowest BCUT2D eigenvalue weighted by Gasteiger charge is -2.10. The van der Waals surface area contributed by atoms with Crippen LogP contribution >= 0.6 is 11.8 Å². The summed E-state index contributed by atoms with van der Waals surface area (Å²) in [5.74, 6) is 2.74. The van der Waals surface area contributed by atoms with Crippen molar-refractivity contribution in [2.24, 2.45) is 5.92 Å². The molecule has 16 heavy (non-hydrogen) atoms. The highest BCUT2D eigenvalue weighted by atomic mass is 32.2. The van der Waals surface area contributed by atoms with Crippen LogP contribution in [0.4, 0.5) is 0 Å². The summed E-state index contributed by atoms with van der Waals surface area (Å²) in [6, 6.07) is 0.0115. The minimum absolute atomic E-state index is 0.0115. The summed E-state index contributed by atoms with van der Waals surface area (Å²) < 4.78 is 5.49. The van der Waals surface area contributed by atoms with Gasteiger partial charge in [-0.25, -0.2) is 0 Å². The fourth-order valence-corrected chi connectivity index (χ4v) is 2.55. The maximum absolute atomic E-state index is 11.6. The maximum atomic E-state index is 11.6. The third-order valence-electron chi connectivity index (χ3n) is 2.85. The Balaban J connectivity index is 1.42. The van der Waals surface area contributed by atoms with Gasteiger partial charge >= 0.3 is 0 Å². The van der Waals surface area contributed by atoms with Gasteiger partial charge < -0.3 is 10.1 Å². The van der Waals surface area contributed by atoms with Crippen molar-refractivity contribution in [2.45, 2.75) is 25.3 Å². The number of carbonyl (C=O) groups excluding carboxylic acids is 1. The van der Waals surface area contributed by atoms with Crippen molar-refractivity contribution < 1.29 is 9.53 Å². The van der Waals surface area contributed by atoms with Gasteiger partial charge in [0.1, 0.15) is 0 Å². The second-order valence-corrected chi connectivity index (χ2v) is 5.46. The summed E-state index contributed by atoms with van der Waals surface area (Å²) in [5.41, 5.74) is 0. The van der Waals surface area contributed by atoms with E-state index >= 15 is 0 Å². The zero-order valence-electron chi connectivity index (χ0n) is 9.54. The highest BCUT2D eigenvalue weighted by Crippen LogP contribution is 2.28. The fourth-order valence-electron chi connectivity index (χ4n) is 1.61. The topological polar surface area (TPSA) is 50.4 Å². The average molecular weight is 244 g/mol. The Hall–Kier alpha value is -0.260. The average Bonchev–Trinajstić information content (AvgIpc) is 2.95. The number of carbonyl (C=O) groups is 1. The molecule has 1 saturated carbocycles. The van der Waals surface area contributed by atoms with Crippen LogP contribution in [0, 0.1) is 5.92 Å². The molecule has 1 unspecified atom stereocenters. The van der Waals surface area contributed by atoms with E-state index in [-0.39, 0.29) is 11.9 Å². The Morgan fingerprint density at radius 3 is 3.06 bits per heavy atom. The van der Waals surface area contributed by atoms with Gasteiger partial charge in [0.2, 0.25) is 5.91 Å². The lowest BCUT2D eigenvalue weighted by atomic mass is 10.3. The van der Waals surface area contributed by atoms with Crippen LogP contribution < -0.4 is 10.6 Å². The molecule has 1 aliphatic heterocycles. The number of ether oxygens (including phenoxy) is 1. The van der Waals surface area contributed by atoms with Crippen LogP contribution in [0.3, 0.4) is 0 Å². The van der Waals surface area contributed by atoms with E-state index in [1.165, 1.54) is 12.8 Å². The summed E-state index contributed by atoms with van der Waals surface area (Å²) in [7, 11) is 0. The highest BCUT2D eigenvalue weighted by molar-refractivity contribution is 7.99. The van der Waals surface area contributed by atoms with Gasteiger partial charge in [0.25, 0.3) is 0 Å². The van der Waals surface area contributed by atoms with Crippen molar-refractivity contribution in [3.8, 4) is 0 Å². The van der Waals surface area contributed by atoms with E-state index in [9.17, 15) is 4.79 Å². The zero-order chi connectivity index (χ0) is 11.2. The van der Waals surface area contributed by atoms with Crippen LogP contribution in [0.1, 0.15) is 19.3 Å². The fraction of sp³-hybridized carbons (Fsp3) is 0.909. The summed E-state index contributed by atoms with van der Waals surface area (Å²) in [5, 5.41) is 6.08. The highest BCUT2D eigenvalue weighted by Gasteiger charge is 2.22. The van der Waals surface area contributed by atoms with E-state index in [2.05, 4.69) is 10.6 Å². The van der Waals surface area contributed by atoms with Gasteiger partial charge in [0, 0.05) is 31.4 Å². The number of hydrogen-bond donors (Lipinski definition) is 2. The van der Waals surface area contributed by atoms with Gasteiger partial charge in [-0.15, -0.1) is 11.8 Å². The zero-order valence-corrected chi connectivity index (χ0v) is 10.4. The molecular formula is C11H20N2O2S. The second kappa shape index (κ2) is 6.47. The normalized spacial score (nSPS) is 24.6. The van der Waals surface area contributed by atoms with E-state index in [1.54, 1.807) is 11.8 Å². The smallest absolute Gasteiger partial charge is 0.238 e. The number of thioether (sulfide) groups is 1. The van der Waals surface area contributed by atoms with Crippen LogP contribution in [0.25, 0.3) is 0 Å². The third-order valence-corrected chi connectivity index (χ3v) is 3.79. The molecular weight excluding hydrogens is 224 g/mol. The Morgan fingerprint density at radius 1 is 1.50 bits per heavy atom. The van der Waals surface area contributed by atoms with E-state index in [4.69, 9.17) is 4.74 Å². The number of nitrogens with one attached hydrogen (secondary N) is 2. The van der Waals surface area contributed by atoms with Gasteiger partial charge in [0.05, 0.1) is 6.04 Å². The molecule has 92 valence electrons. The summed E-state index contributed by atoms with van der Waals surface area (Å²) in [4.78, 5) is 11.6. The van der Waals surface area contributed by atoms with Crippen molar-refractivity contribution in [1.29, 1.82) is 0 Å². The van der Waals surface area contributed by atoms with Gasteiger partial charge in [-0.3, -0.25) is 10.1 Å². The first-order valence-corrected chi connectivity index (χ1v) is 7.18. The van der Waals surface area contributed by atoms with Crippen molar-refractivity contribution in [3.05, 3.63) is 0 Å². The molecule has 1 aliphatic carbocycles. The predicted octanol–water partition coefficient (Wildman–Crippen LogP) is 0.582. The molecule has 1 saturated heterocycles. The Labute approximate surface area is 101 Å². The molecule has 2 N–H and O–H groups in total. The first-order valence-electron chi connectivity index (χ1n) is 6.03. The van der Waals surface area contributed by atoms with Crippen LogP contribution in [0.5, 0.6) is 0 Å². The van der Waals surface area contributed by atoms with Gasteiger partial charge in [-0.1, -0.05) is 0 Å². The van der Waals surface area contributed by atoms with E-state index < -0.39 is 0 Å². The lowest BCUT2D eigenvalue weighted by molar-refractivity contribution is -0.122. The van der Waals surface area contributed by atoms with Crippen molar-refractivity contribution in [1.82, 2.24) is 10.6 Å². The first-order chi connectivity index (χ1) is 7.86. The Morgan fingerprint density at radius 2 is 2.38 bits per heavy atom. The lowest BCUT2D eigenvalue weighted by Crippen LogP contribution is -2.42. The third kappa shape index (κ3) is 4.31. The molecule has 0 aromatic heterocycles. The monoisotopic (exact) mass is 244 g/mol. The van der Waals surface area contributed by atoms with Crippen molar-refractivity contribution in [3.63, 3.8) is 0 Å². The first kappa shape index (κ1) is 12.2. The maximum Gasteiger partial charge on any atom is 0.238 e. The van der Waals surface area contributed by atoms with Crippen LogP contribution in [0.15, 0.2) is 0 Å². The predicted molar refractivity (Wildman–Crippen MR) is 65.4 cm³/mol. The van der Waals surface area contributed by atoms with E-state index in [0.717, 1.165) is 43.7 Å². The van der Waals surface area contributed by atoms with Crippen molar-refractivity contribution >= 4 is 17.7 Å². The number of amides is 1. The van der Waals surface area contributed by atoms with E-state index in [0.29, 0.717) is 0 Å². The van der Waals surface area contributed by atoms with Crippen LogP contribution in [-0.2, 0) is 9.53 Å². The molecule has 0 spiro atoms. The molecule has 4 nitrogen and oxygen atoms in total. The van der Waals surface area contributed by atoms with Gasteiger partial charge in [-0.05, 0) is 25.2 Å². The molecule has 0 bridgehead atoms. The minimum atomic E-state index is 0.0115. The SMILES string of the molecule is O=C(NCCCOCC1CC1)C1CSCN1. The quantitative estimate of drug-likeness (QED) is 0.643. The van der Waals surface area contributed by atoms with Gasteiger partial charge in [0.15, 0.2) is 0 Å². The molecule has 0 aromatic carbocycles. The van der Waals surface area contributed by atoms with Gasteiger partial charge in [-0.2, -0.15) is 0 Å². The Kier molecular flexibility index (Phi) is 4.93. The molecule has 1 heterocycles. The van der Waals surface area contributed by atoms with Crippen LogP contribution in [0.2, 0.25) is 0 Å². The molecule has 2 rings (SSSR count). The summed E-state index contributed by atoms with van der Waals surface area (Å²) >= 11 is 1.77. The standard InChI is InChI=1S/C11H20N2O2S/c14-11(10-7-16-8-13-10)12-4-1-5-15-6-9-2-3-9/h9-10,13H,1-8H2,(H,12,14). The summed E-state index contributed by atoms with van der Waals surface area (Å²) in [6.07, 6.45) is 3.59. The largest absolute Gasteiger partial charge is 0.381 e. The molecule has 1 amide bonds. The van der Waals surface area contributed by atoms with Crippen molar-refractivity contribution in [2.75, 3.05) is 31.4 Å². The number of rotatable bonds is 7.